The van der Waals surface area contributed by atoms with Crippen molar-refractivity contribution in [2.45, 2.75) is 5.92 Å². The average molecular weight is 378 g/mol. The van der Waals surface area contributed by atoms with Crippen LogP contribution in [0.5, 0.6) is 0 Å². The lowest BCUT2D eigenvalue weighted by Gasteiger charge is -2.27. The number of anilines is 1. The molecule has 2 aromatic carbocycles. The zero-order valence-electron chi connectivity index (χ0n) is 13.8. The van der Waals surface area contributed by atoms with E-state index in [1.54, 1.807) is 36.4 Å². The van der Waals surface area contributed by atoms with Crippen LogP contribution in [0.1, 0.15) is 33.0 Å². The van der Waals surface area contributed by atoms with Crippen LogP contribution in [0.4, 0.5) is 5.82 Å². The number of fused-ring (bicyclic) bond motifs is 3. The molecule has 0 saturated heterocycles. The number of Topliss-reactive ketones (excluding diaryl/α,β-unsaturated/α-hetero) is 1. The molecule has 0 saturated carbocycles. The summed E-state index contributed by atoms with van der Waals surface area (Å²) in [5.74, 6) is -0.573. The van der Waals surface area contributed by atoms with Gasteiger partial charge in [0.15, 0.2) is 5.78 Å². The van der Waals surface area contributed by atoms with Crippen molar-refractivity contribution in [3.05, 3.63) is 102 Å². The number of nitrogens with one attached hydrogen (secondary N) is 3. The van der Waals surface area contributed by atoms with Crippen molar-refractivity contribution in [1.82, 2.24) is 9.97 Å². The summed E-state index contributed by atoms with van der Waals surface area (Å²) in [6.07, 6.45) is 0. The number of benzene rings is 2. The topological polar surface area (TPSA) is 94.8 Å². The summed E-state index contributed by atoms with van der Waals surface area (Å²) in [4.78, 5) is 42.5. The Morgan fingerprint density at radius 1 is 0.852 bits per heavy atom. The number of carbonyl (C=O) groups excluding carboxylic acids is 1. The second kappa shape index (κ2) is 5.56. The molecule has 2 aliphatic rings. The maximum atomic E-state index is 13.2. The fraction of sp³-hybridized carbons (Fsp3) is 0.0500. The van der Waals surface area contributed by atoms with Crippen molar-refractivity contribution >= 4 is 28.9 Å². The van der Waals surface area contributed by atoms with Crippen LogP contribution in [-0.4, -0.2) is 15.8 Å². The smallest absolute Gasteiger partial charge is 0.327 e. The van der Waals surface area contributed by atoms with E-state index in [1.807, 2.05) is 12.1 Å². The normalized spacial score (nSPS) is 17.2. The van der Waals surface area contributed by atoms with Gasteiger partial charge in [0.25, 0.3) is 5.56 Å². The number of ketones is 1. The molecule has 2 heterocycles. The second-order valence-corrected chi connectivity index (χ2v) is 6.85. The third kappa shape index (κ3) is 2.17. The van der Waals surface area contributed by atoms with Gasteiger partial charge in [0.2, 0.25) is 0 Å². The summed E-state index contributed by atoms with van der Waals surface area (Å²) in [5.41, 5.74) is 2.06. The summed E-state index contributed by atoms with van der Waals surface area (Å²) >= 11 is 6.42. The molecule has 0 fully saturated rings. The molecule has 1 aliphatic heterocycles. The number of rotatable bonds is 1. The van der Waals surface area contributed by atoms with Gasteiger partial charge in [0.05, 0.1) is 17.2 Å². The molecule has 27 heavy (non-hydrogen) atoms. The number of H-pyrrole nitrogens is 2. The zero-order chi connectivity index (χ0) is 18.7. The molecule has 1 aliphatic carbocycles. The molecule has 1 atom stereocenters. The summed E-state index contributed by atoms with van der Waals surface area (Å²) < 4.78 is 0. The second-order valence-electron chi connectivity index (χ2n) is 6.44. The highest BCUT2D eigenvalue weighted by molar-refractivity contribution is 6.32. The van der Waals surface area contributed by atoms with Crippen molar-refractivity contribution in [1.29, 1.82) is 0 Å². The minimum Gasteiger partial charge on any atom is -0.340 e. The van der Waals surface area contributed by atoms with Crippen LogP contribution in [-0.2, 0) is 0 Å². The summed E-state index contributed by atoms with van der Waals surface area (Å²) in [5, 5.41) is 3.53. The Morgan fingerprint density at radius 2 is 1.56 bits per heavy atom. The van der Waals surface area contributed by atoms with Gasteiger partial charge in [-0.1, -0.05) is 54.1 Å². The first-order valence-electron chi connectivity index (χ1n) is 8.32. The number of hydrogen-bond acceptors (Lipinski definition) is 4. The Morgan fingerprint density at radius 3 is 2.33 bits per heavy atom. The van der Waals surface area contributed by atoms with E-state index in [0.29, 0.717) is 27.4 Å². The van der Waals surface area contributed by atoms with Crippen molar-refractivity contribution < 1.29 is 4.79 Å². The van der Waals surface area contributed by atoms with Gasteiger partial charge in [-0.25, -0.2) is 4.79 Å². The van der Waals surface area contributed by atoms with Crippen LogP contribution in [0, 0.1) is 0 Å². The largest absolute Gasteiger partial charge is 0.340 e. The van der Waals surface area contributed by atoms with E-state index in [9.17, 15) is 14.4 Å². The zero-order valence-corrected chi connectivity index (χ0v) is 14.6. The fourth-order valence-corrected chi connectivity index (χ4v) is 4.12. The SMILES string of the molecule is O=C1C2=C(Nc3[nH]c(=O)[nH]c(=O)c3[C@H]2c2ccccc2Cl)c2ccccc21. The maximum Gasteiger partial charge on any atom is 0.327 e. The van der Waals surface area contributed by atoms with E-state index in [1.165, 1.54) is 0 Å². The monoisotopic (exact) mass is 377 g/mol. The van der Waals surface area contributed by atoms with Crippen molar-refractivity contribution in [3.63, 3.8) is 0 Å². The lowest BCUT2D eigenvalue weighted by Crippen LogP contribution is -2.33. The van der Waals surface area contributed by atoms with Gasteiger partial charge in [-0.05, 0) is 11.6 Å². The minimum absolute atomic E-state index is 0.158. The molecule has 132 valence electrons. The van der Waals surface area contributed by atoms with Crippen LogP contribution in [0.25, 0.3) is 5.70 Å². The molecule has 3 N–H and O–H groups in total. The number of allylic oxidation sites excluding steroid dienone is 1. The van der Waals surface area contributed by atoms with Gasteiger partial charge in [0, 0.05) is 21.7 Å². The van der Waals surface area contributed by atoms with Crippen LogP contribution in [0.15, 0.2) is 63.7 Å². The first kappa shape index (κ1) is 15.8. The third-order valence-corrected chi connectivity index (χ3v) is 5.32. The highest BCUT2D eigenvalue weighted by Gasteiger charge is 2.42. The first-order chi connectivity index (χ1) is 13.1. The Labute approximate surface area is 157 Å². The first-order valence-corrected chi connectivity index (χ1v) is 8.70. The molecular weight excluding hydrogens is 366 g/mol. The molecule has 6 nitrogen and oxygen atoms in total. The van der Waals surface area contributed by atoms with Crippen LogP contribution in [0.2, 0.25) is 5.02 Å². The van der Waals surface area contributed by atoms with Gasteiger partial charge < -0.3 is 5.32 Å². The maximum absolute atomic E-state index is 13.2. The molecule has 5 rings (SSSR count). The minimum atomic E-state index is -0.689. The number of aromatic amines is 2. The molecule has 0 amide bonds. The molecular formula is C20H12ClN3O3. The number of halogens is 1. The van der Waals surface area contributed by atoms with E-state index in [-0.39, 0.29) is 17.2 Å². The summed E-state index contributed by atoms with van der Waals surface area (Å²) in [6.45, 7) is 0. The van der Waals surface area contributed by atoms with E-state index >= 15 is 0 Å². The summed E-state index contributed by atoms with van der Waals surface area (Å²) in [7, 11) is 0. The highest BCUT2D eigenvalue weighted by Crippen LogP contribution is 2.48. The van der Waals surface area contributed by atoms with Crippen molar-refractivity contribution in [3.8, 4) is 0 Å². The quantitative estimate of drug-likeness (QED) is 0.607. The molecule has 0 bridgehead atoms. The lowest BCUT2D eigenvalue weighted by atomic mass is 9.81. The fourth-order valence-electron chi connectivity index (χ4n) is 3.87. The predicted molar refractivity (Wildman–Crippen MR) is 102 cm³/mol. The van der Waals surface area contributed by atoms with E-state index in [2.05, 4.69) is 15.3 Å². The Balaban J connectivity index is 1.88. The summed E-state index contributed by atoms with van der Waals surface area (Å²) in [6, 6.07) is 14.3. The number of aromatic nitrogens is 2. The van der Waals surface area contributed by atoms with E-state index < -0.39 is 17.2 Å². The van der Waals surface area contributed by atoms with Gasteiger partial charge in [-0.15, -0.1) is 0 Å². The van der Waals surface area contributed by atoms with Gasteiger partial charge in [0.1, 0.15) is 5.82 Å². The third-order valence-electron chi connectivity index (χ3n) is 4.98. The molecule has 0 spiro atoms. The van der Waals surface area contributed by atoms with Gasteiger partial charge >= 0.3 is 5.69 Å². The Kier molecular flexibility index (Phi) is 3.26. The van der Waals surface area contributed by atoms with Crippen molar-refractivity contribution in [2.75, 3.05) is 5.32 Å². The van der Waals surface area contributed by atoms with Crippen LogP contribution < -0.4 is 16.6 Å². The molecule has 3 aromatic rings. The van der Waals surface area contributed by atoms with Crippen LogP contribution >= 0.6 is 11.6 Å². The Bertz CT molecular complexity index is 1290. The predicted octanol–water partition coefficient (Wildman–Crippen LogP) is 2.88. The van der Waals surface area contributed by atoms with Gasteiger partial charge in [-0.2, -0.15) is 0 Å². The lowest BCUT2D eigenvalue weighted by molar-refractivity contribution is 0.103. The highest BCUT2D eigenvalue weighted by atomic mass is 35.5. The van der Waals surface area contributed by atoms with Crippen LogP contribution in [0.3, 0.4) is 0 Å². The average Bonchev–Trinajstić information content (AvgIpc) is 2.93. The molecule has 1 aromatic heterocycles. The van der Waals surface area contributed by atoms with Crippen molar-refractivity contribution in [2.24, 2.45) is 0 Å². The van der Waals surface area contributed by atoms with Gasteiger partial charge in [-0.3, -0.25) is 19.6 Å². The molecule has 7 heteroatoms. The molecule has 0 radical (unpaired) electrons. The Hall–Kier alpha value is -3.38. The van der Waals surface area contributed by atoms with E-state index in [0.717, 1.165) is 5.56 Å². The molecule has 0 unspecified atom stereocenters. The standard InChI is InChI=1S/C20H12ClN3O3/c21-12-8-4-3-7-11(12)13-14-16(9-5-1-2-6-10(9)17(14)25)22-18-15(13)19(26)24-20(27)23-18/h1-8,13H,(H3,22,23,24,26,27)/t13-/m0/s1. The number of hydrogen-bond donors (Lipinski definition) is 3. The van der Waals surface area contributed by atoms with E-state index in [4.69, 9.17) is 11.6 Å². The number of carbonyl (C=O) groups is 1.